The lowest BCUT2D eigenvalue weighted by Gasteiger charge is -2.30. The summed E-state index contributed by atoms with van der Waals surface area (Å²) in [6, 6.07) is 0. The van der Waals surface area contributed by atoms with Crippen LogP contribution in [-0.2, 0) is 13.6 Å². The molecule has 1 aliphatic heterocycles. The number of alkyl halides is 1. The van der Waals surface area contributed by atoms with Gasteiger partial charge in [0.15, 0.2) is 0 Å². The molecule has 1 saturated heterocycles. The standard InChI is InChI=1S/C12H19BrClN3/c1-9-12(13)11(16(2)15-9)8-17-5-3-10(7-14)4-6-17/h10H,3-8H2,1-2H3. The molecular weight excluding hydrogens is 302 g/mol. The summed E-state index contributed by atoms with van der Waals surface area (Å²) in [6.07, 6.45) is 2.44. The molecule has 1 aliphatic rings. The Kier molecular flexibility index (Phi) is 4.50. The first kappa shape index (κ1) is 13.4. The second-order valence-corrected chi connectivity index (χ2v) is 5.95. The van der Waals surface area contributed by atoms with E-state index < -0.39 is 0 Å². The maximum Gasteiger partial charge on any atom is 0.0739 e. The van der Waals surface area contributed by atoms with Crippen LogP contribution in [0.1, 0.15) is 24.2 Å². The minimum absolute atomic E-state index is 0.713. The SMILES string of the molecule is Cc1nn(C)c(CN2CCC(CCl)CC2)c1Br. The summed E-state index contributed by atoms with van der Waals surface area (Å²) in [5, 5.41) is 4.43. The van der Waals surface area contributed by atoms with E-state index in [2.05, 4.69) is 25.9 Å². The van der Waals surface area contributed by atoms with Crippen molar-refractivity contribution in [3.63, 3.8) is 0 Å². The Morgan fingerprint density at radius 3 is 2.53 bits per heavy atom. The number of aromatic nitrogens is 2. The van der Waals surface area contributed by atoms with E-state index in [9.17, 15) is 0 Å². The number of aryl methyl sites for hydroxylation is 2. The molecule has 2 heterocycles. The highest BCUT2D eigenvalue weighted by atomic mass is 79.9. The number of nitrogens with zero attached hydrogens (tertiary/aromatic N) is 3. The lowest BCUT2D eigenvalue weighted by atomic mass is 9.99. The normalized spacial score (nSPS) is 18.8. The van der Waals surface area contributed by atoms with Gasteiger partial charge in [0.05, 0.1) is 15.9 Å². The van der Waals surface area contributed by atoms with Crippen molar-refractivity contribution in [2.45, 2.75) is 26.3 Å². The van der Waals surface area contributed by atoms with Gasteiger partial charge in [-0.3, -0.25) is 9.58 Å². The van der Waals surface area contributed by atoms with Crippen LogP contribution in [0.15, 0.2) is 4.47 Å². The third-order valence-electron chi connectivity index (χ3n) is 3.56. The zero-order chi connectivity index (χ0) is 12.4. The highest BCUT2D eigenvalue weighted by Gasteiger charge is 2.20. The molecule has 96 valence electrons. The number of hydrogen-bond donors (Lipinski definition) is 0. The predicted molar refractivity (Wildman–Crippen MR) is 74.4 cm³/mol. The van der Waals surface area contributed by atoms with Gasteiger partial charge in [-0.15, -0.1) is 11.6 Å². The Balaban J connectivity index is 1.98. The second kappa shape index (κ2) is 5.72. The molecule has 0 spiro atoms. The average molecular weight is 321 g/mol. The Labute approximate surface area is 116 Å². The fraction of sp³-hybridized carbons (Fsp3) is 0.750. The van der Waals surface area contributed by atoms with Crippen LogP contribution in [0.4, 0.5) is 0 Å². The van der Waals surface area contributed by atoms with E-state index >= 15 is 0 Å². The number of hydrogen-bond acceptors (Lipinski definition) is 2. The average Bonchev–Trinajstić information content (AvgIpc) is 2.57. The van der Waals surface area contributed by atoms with Crippen molar-refractivity contribution in [3.8, 4) is 0 Å². The molecule has 3 nitrogen and oxygen atoms in total. The molecule has 0 N–H and O–H groups in total. The summed E-state index contributed by atoms with van der Waals surface area (Å²) in [5.74, 6) is 1.52. The number of piperidine rings is 1. The van der Waals surface area contributed by atoms with Gasteiger partial charge in [0.1, 0.15) is 0 Å². The van der Waals surface area contributed by atoms with Crippen molar-refractivity contribution in [2.75, 3.05) is 19.0 Å². The van der Waals surface area contributed by atoms with Crippen molar-refractivity contribution in [1.29, 1.82) is 0 Å². The molecule has 0 amide bonds. The van der Waals surface area contributed by atoms with Crippen molar-refractivity contribution in [1.82, 2.24) is 14.7 Å². The quantitative estimate of drug-likeness (QED) is 0.799. The van der Waals surface area contributed by atoms with Gasteiger partial charge in [0.2, 0.25) is 0 Å². The summed E-state index contributed by atoms with van der Waals surface area (Å²) in [4.78, 5) is 2.49. The van der Waals surface area contributed by atoms with Gasteiger partial charge >= 0.3 is 0 Å². The van der Waals surface area contributed by atoms with Gasteiger partial charge in [-0.25, -0.2) is 0 Å². The third kappa shape index (κ3) is 3.04. The first-order valence-electron chi connectivity index (χ1n) is 6.08. The zero-order valence-corrected chi connectivity index (χ0v) is 12.8. The predicted octanol–water partition coefficient (Wildman–Crippen LogP) is 2.94. The minimum atomic E-state index is 0.713. The molecule has 0 aromatic carbocycles. The van der Waals surface area contributed by atoms with Gasteiger partial charge in [-0.05, 0) is 54.7 Å². The number of rotatable bonds is 3. The minimum Gasteiger partial charge on any atom is -0.297 e. The van der Waals surface area contributed by atoms with E-state index in [1.165, 1.54) is 18.5 Å². The first-order valence-corrected chi connectivity index (χ1v) is 7.41. The summed E-state index contributed by atoms with van der Waals surface area (Å²) >= 11 is 9.52. The fourth-order valence-electron chi connectivity index (χ4n) is 2.36. The second-order valence-electron chi connectivity index (χ2n) is 4.84. The molecule has 5 heteroatoms. The van der Waals surface area contributed by atoms with E-state index in [0.717, 1.165) is 35.7 Å². The number of likely N-dealkylation sites (tertiary alicyclic amines) is 1. The largest absolute Gasteiger partial charge is 0.297 e. The maximum absolute atomic E-state index is 5.90. The highest BCUT2D eigenvalue weighted by Crippen LogP contribution is 2.24. The molecule has 0 unspecified atom stereocenters. The van der Waals surface area contributed by atoms with Crippen LogP contribution < -0.4 is 0 Å². The van der Waals surface area contributed by atoms with Crippen molar-refractivity contribution in [2.24, 2.45) is 13.0 Å². The van der Waals surface area contributed by atoms with E-state index in [1.54, 1.807) is 0 Å². The lowest BCUT2D eigenvalue weighted by molar-refractivity contribution is 0.182. The molecule has 0 atom stereocenters. The molecule has 0 saturated carbocycles. The van der Waals surface area contributed by atoms with E-state index in [1.807, 2.05) is 18.7 Å². The van der Waals surface area contributed by atoms with Crippen LogP contribution in [0.3, 0.4) is 0 Å². The maximum atomic E-state index is 5.90. The van der Waals surface area contributed by atoms with Crippen LogP contribution >= 0.6 is 27.5 Å². The van der Waals surface area contributed by atoms with Crippen LogP contribution in [0.25, 0.3) is 0 Å². The van der Waals surface area contributed by atoms with Gasteiger partial charge in [0, 0.05) is 19.5 Å². The van der Waals surface area contributed by atoms with Gasteiger partial charge in [-0.2, -0.15) is 5.10 Å². The molecule has 1 aromatic rings. The molecule has 0 radical (unpaired) electrons. The van der Waals surface area contributed by atoms with E-state index in [-0.39, 0.29) is 0 Å². The Morgan fingerprint density at radius 1 is 1.41 bits per heavy atom. The van der Waals surface area contributed by atoms with Gasteiger partial charge < -0.3 is 0 Å². The highest BCUT2D eigenvalue weighted by molar-refractivity contribution is 9.10. The molecule has 1 fully saturated rings. The van der Waals surface area contributed by atoms with Crippen molar-refractivity contribution < 1.29 is 0 Å². The zero-order valence-electron chi connectivity index (χ0n) is 10.4. The van der Waals surface area contributed by atoms with E-state index in [4.69, 9.17) is 11.6 Å². The third-order valence-corrected chi connectivity index (χ3v) is 5.03. The van der Waals surface area contributed by atoms with E-state index in [0.29, 0.717) is 5.92 Å². The molecule has 0 bridgehead atoms. The Morgan fingerprint density at radius 2 is 2.06 bits per heavy atom. The summed E-state index contributed by atoms with van der Waals surface area (Å²) in [6.45, 7) is 5.31. The summed E-state index contributed by atoms with van der Waals surface area (Å²) < 4.78 is 3.13. The van der Waals surface area contributed by atoms with Crippen LogP contribution in [0.2, 0.25) is 0 Å². The first-order chi connectivity index (χ1) is 8.11. The molecular formula is C12H19BrClN3. The van der Waals surface area contributed by atoms with Crippen LogP contribution in [0, 0.1) is 12.8 Å². The molecule has 1 aromatic heterocycles. The molecule has 17 heavy (non-hydrogen) atoms. The molecule has 0 aliphatic carbocycles. The topological polar surface area (TPSA) is 21.1 Å². The Hall–Kier alpha value is -0.0600. The van der Waals surface area contributed by atoms with Crippen LogP contribution in [-0.4, -0.2) is 33.6 Å². The lowest BCUT2D eigenvalue weighted by Crippen LogP contribution is -2.34. The monoisotopic (exact) mass is 319 g/mol. The fourth-order valence-corrected chi connectivity index (χ4v) is 3.13. The van der Waals surface area contributed by atoms with Crippen LogP contribution in [0.5, 0.6) is 0 Å². The summed E-state index contributed by atoms with van der Waals surface area (Å²) in [7, 11) is 2.01. The Bertz CT molecular complexity index is 383. The summed E-state index contributed by atoms with van der Waals surface area (Å²) in [5.41, 5.74) is 2.34. The van der Waals surface area contributed by atoms with Gasteiger partial charge in [-0.1, -0.05) is 0 Å². The van der Waals surface area contributed by atoms with Crippen molar-refractivity contribution >= 4 is 27.5 Å². The van der Waals surface area contributed by atoms with Gasteiger partial charge in [0.25, 0.3) is 0 Å². The smallest absolute Gasteiger partial charge is 0.0739 e. The van der Waals surface area contributed by atoms with Crippen molar-refractivity contribution in [3.05, 3.63) is 15.9 Å². The number of halogens is 2. The molecule has 2 rings (SSSR count).